The first-order chi connectivity index (χ1) is 8.97. The number of halogens is 4. The molecule has 0 radical (unpaired) electrons. The van der Waals surface area contributed by atoms with Crippen LogP contribution in [-0.4, -0.2) is 10.8 Å². The Labute approximate surface area is 131 Å². The molecule has 1 aromatic carbocycles. The number of hydrogen-bond acceptors (Lipinski definition) is 2. The first kappa shape index (κ1) is 14.6. The molecule has 0 N–H and O–H groups in total. The maximum absolute atomic E-state index is 13.1. The molecule has 98 valence electrons. The summed E-state index contributed by atoms with van der Waals surface area (Å²) in [6.45, 7) is 0. The molecule has 0 amide bonds. The Balaban J connectivity index is 2.28. The number of ketones is 1. The number of carbonyl (C=O) groups is 1. The summed E-state index contributed by atoms with van der Waals surface area (Å²) in [4.78, 5) is 16.2. The normalized spacial score (nSPS) is 10.5. The minimum Gasteiger partial charge on any atom is -0.292 e. The second-order valence-electron chi connectivity index (χ2n) is 3.82. The highest BCUT2D eigenvalue weighted by molar-refractivity contribution is 9.11. The first-order valence-corrected chi connectivity index (χ1v) is 7.22. The number of Topliss-reactive ketones (excluding diaryl/α,β-unsaturated/α-hetero) is 1. The lowest BCUT2D eigenvalue weighted by molar-refractivity contribution is 0.0987. The van der Waals surface area contributed by atoms with Gasteiger partial charge < -0.3 is 0 Å². The van der Waals surface area contributed by atoms with E-state index in [1.54, 1.807) is 6.07 Å². The van der Waals surface area contributed by atoms with E-state index < -0.39 is 5.82 Å². The highest BCUT2D eigenvalue weighted by atomic mass is 79.9. The second kappa shape index (κ2) is 6.11. The van der Waals surface area contributed by atoms with Crippen molar-refractivity contribution in [2.75, 3.05) is 0 Å². The average Bonchev–Trinajstić information content (AvgIpc) is 2.33. The zero-order chi connectivity index (χ0) is 14.0. The molecule has 0 bridgehead atoms. The summed E-state index contributed by atoms with van der Waals surface area (Å²) in [5.74, 6) is -0.651. The molecule has 0 aliphatic carbocycles. The van der Waals surface area contributed by atoms with E-state index in [1.165, 1.54) is 24.4 Å². The van der Waals surface area contributed by atoms with Gasteiger partial charge in [-0.05, 0) is 61.7 Å². The van der Waals surface area contributed by atoms with Crippen LogP contribution in [-0.2, 0) is 6.42 Å². The SMILES string of the molecule is O=C(Cc1cc(F)ccc1Cl)c1ncc(Br)cc1Br. The Morgan fingerprint density at radius 3 is 2.74 bits per heavy atom. The molecule has 0 atom stereocenters. The van der Waals surface area contributed by atoms with Crippen LogP contribution in [0.3, 0.4) is 0 Å². The van der Waals surface area contributed by atoms with Gasteiger partial charge in [0.1, 0.15) is 11.5 Å². The van der Waals surface area contributed by atoms with Crippen molar-refractivity contribution in [2.45, 2.75) is 6.42 Å². The number of aromatic nitrogens is 1. The van der Waals surface area contributed by atoms with E-state index in [1.807, 2.05) is 0 Å². The largest absolute Gasteiger partial charge is 0.292 e. The predicted octanol–water partition coefficient (Wildman–Crippen LogP) is 4.82. The molecule has 0 saturated carbocycles. The Hall–Kier alpha value is -0.780. The van der Waals surface area contributed by atoms with Gasteiger partial charge >= 0.3 is 0 Å². The van der Waals surface area contributed by atoms with Gasteiger partial charge in [-0.2, -0.15) is 0 Å². The summed E-state index contributed by atoms with van der Waals surface area (Å²) < 4.78 is 14.5. The van der Waals surface area contributed by atoms with E-state index in [4.69, 9.17) is 11.6 Å². The Morgan fingerprint density at radius 2 is 2.05 bits per heavy atom. The minimum absolute atomic E-state index is 0.00380. The fraction of sp³-hybridized carbons (Fsp3) is 0.0769. The number of carbonyl (C=O) groups excluding carboxylic acids is 1. The number of rotatable bonds is 3. The van der Waals surface area contributed by atoms with Gasteiger partial charge in [-0.15, -0.1) is 0 Å². The highest BCUT2D eigenvalue weighted by Crippen LogP contribution is 2.23. The molecule has 0 fully saturated rings. The summed E-state index contributed by atoms with van der Waals surface area (Å²) in [6.07, 6.45) is 1.54. The average molecular weight is 407 g/mol. The quantitative estimate of drug-likeness (QED) is 0.683. The van der Waals surface area contributed by atoms with Crippen LogP contribution in [0.2, 0.25) is 5.02 Å². The third-order valence-electron chi connectivity index (χ3n) is 2.43. The molecule has 2 rings (SSSR count). The molecule has 1 aromatic heterocycles. The molecule has 0 spiro atoms. The number of nitrogens with zero attached hydrogens (tertiary/aromatic N) is 1. The number of pyridine rings is 1. The second-order valence-corrected chi connectivity index (χ2v) is 6.00. The third kappa shape index (κ3) is 3.61. The van der Waals surface area contributed by atoms with Crippen molar-refractivity contribution in [1.29, 1.82) is 0 Å². The topological polar surface area (TPSA) is 30.0 Å². The fourth-order valence-corrected chi connectivity index (χ4v) is 2.95. The molecular formula is C13H7Br2ClFNO. The molecule has 0 unspecified atom stereocenters. The molecule has 2 nitrogen and oxygen atoms in total. The predicted molar refractivity (Wildman–Crippen MR) is 79.1 cm³/mol. The van der Waals surface area contributed by atoms with Crippen molar-refractivity contribution in [2.24, 2.45) is 0 Å². The standard InChI is InChI=1S/C13H7Br2ClFNO/c14-8-5-10(15)13(18-6-8)12(19)4-7-3-9(17)1-2-11(7)16/h1-3,5-6H,4H2. The van der Waals surface area contributed by atoms with Gasteiger partial charge in [0.15, 0.2) is 5.78 Å². The van der Waals surface area contributed by atoms with E-state index in [9.17, 15) is 9.18 Å². The van der Waals surface area contributed by atoms with Crippen LogP contribution in [0.1, 0.15) is 16.1 Å². The van der Waals surface area contributed by atoms with Crippen molar-refractivity contribution in [3.63, 3.8) is 0 Å². The first-order valence-electron chi connectivity index (χ1n) is 5.25. The van der Waals surface area contributed by atoms with Crippen LogP contribution in [0, 0.1) is 5.82 Å². The van der Waals surface area contributed by atoms with Gasteiger partial charge in [0.25, 0.3) is 0 Å². The molecule has 0 aliphatic heterocycles. The van der Waals surface area contributed by atoms with Gasteiger partial charge in [-0.1, -0.05) is 11.6 Å². The van der Waals surface area contributed by atoms with Crippen molar-refractivity contribution in [3.05, 3.63) is 61.5 Å². The zero-order valence-corrected chi connectivity index (χ0v) is 13.4. The lowest BCUT2D eigenvalue weighted by Crippen LogP contribution is -2.07. The summed E-state index contributed by atoms with van der Waals surface area (Å²) in [5, 5.41) is 0.364. The lowest BCUT2D eigenvalue weighted by Gasteiger charge is -2.05. The zero-order valence-electron chi connectivity index (χ0n) is 9.46. The summed E-state index contributed by atoms with van der Waals surface area (Å²) in [5.41, 5.74) is 0.742. The van der Waals surface area contributed by atoms with Crippen molar-refractivity contribution < 1.29 is 9.18 Å². The molecule has 6 heteroatoms. The number of benzene rings is 1. The molecule has 2 aromatic rings. The molecule has 0 saturated heterocycles. The summed E-state index contributed by atoms with van der Waals surface area (Å²) in [6, 6.07) is 5.67. The number of hydrogen-bond donors (Lipinski definition) is 0. The summed E-state index contributed by atoms with van der Waals surface area (Å²) in [7, 11) is 0. The summed E-state index contributed by atoms with van der Waals surface area (Å²) >= 11 is 12.5. The van der Waals surface area contributed by atoms with Crippen molar-refractivity contribution in [1.82, 2.24) is 4.98 Å². The van der Waals surface area contributed by atoms with Crippen LogP contribution in [0.4, 0.5) is 4.39 Å². The van der Waals surface area contributed by atoms with Gasteiger partial charge in [-0.3, -0.25) is 9.78 Å². The van der Waals surface area contributed by atoms with Crippen LogP contribution < -0.4 is 0 Å². The monoisotopic (exact) mass is 405 g/mol. The van der Waals surface area contributed by atoms with Crippen LogP contribution >= 0.6 is 43.5 Å². The lowest BCUT2D eigenvalue weighted by atomic mass is 10.1. The molecular weight excluding hydrogens is 400 g/mol. The van der Waals surface area contributed by atoms with E-state index in [-0.39, 0.29) is 12.2 Å². The van der Waals surface area contributed by atoms with Crippen molar-refractivity contribution >= 4 is 49.2 Å². The Kier molecular flexibility index (Phi) is 4.71. The Bertz CT molecular complexity index is 649. The smallest absolute Gasteiger partial charge is 0.186 e. The van der Waals surface area contributed by atoms with Gasteiger partial charge in [0.2, 0.25) is 0 Å². The molecule has 1 heterocycles. The minimum atomic E-state index is -0.421. The van der Waals surface area contributed by atoms with Crippen molar-refractivity contribution in [3.8, 4) is 0 Å². The van der Waals surface area contributed by atoms with Crippen LogP contribution in [0.25, 0.3) is 0 Å². The van der Waals surface area contributed by atoms with Gasteiger partial charge in [-0.25, -0.2) is 4.39 Å². The van der Waals surface area contributed by atoms with Crippen LogP contribution in [0.5, 0.6) is 0 Å². The fourth-order valence-electron chi connectivity index (χ4n) is 1.56. The third-order valence-corrected chi connectivity index (χ3v) is 3.84. The van der Waals surface area contributed by atoms with E-state index >= 15 is 0 Å². The highest BCUT2D eigenvalue weighted by Gasteiger charge is 2.15. The molecule has 0 aliphatic rings. The molecule has 19 heavy (non-hydrogen) atoms. The van der Waals surface area contributed by atoms with Crippen LogP contribution in [0.15, 0.2) is 39.4 Å². The van der Waals surface area contributed by atoms with Gasteiger partial charge in [0.05, 0.1) is 0 Å². The van der Waals surface area contributed by atoms with E-state index in [0.29, 0.717) is 20.8 Å². The maximum atomic E-state index is 13.1. The van der Waals surface area contributed by atoms with E-state index in [0.717, 1.165) is 4.47 Å². The maximum Gasteiger partial charge on any atom is 0.186 e. The van der Waals surface area contributed by atoms with E-state index in [2.05, 4.69) is 36.8 Å². The van der Waals surface area contributed by atoms with Gasteiger partial charge in [0, 0.05) is 26.6 Å². The Morgan fingerprint density at radius 1 is 1.32 bits per heavy atom.